The Bertz CT molecular complexity index is 1060. The Balaban J connectivity index is 2.22. The van der Waals surface area contributed by atoms with E-state index in [0.29, 0.717) is 5.69 Å². The largest absolute Gasteiger partial charge is 0.476 e. The molecule has 0 saturated carbocycles. The molecule has 0 aliphatic carbocycles. The van der Waals surface area contributed by atoms with Crippen LogP contribution >= 0.6 is 0 Å². The van der Waals surface area contributed by atoms with E-state index in [1.807, 2.05) is 26.0 Å². The van der Waals surface area contributed by atoms with Gasteiger partial charge in [0.15, 0.2) is 5.69 Å². The highest BCUT2D eigenvalue weighted by molar-refractivity contribution is 5.88. The number of ether oxygens (including phenoxy) is 1. The Labute approximate surface area is 154 Å². The Kier molecular flexibility index (Phi) is 4.64. The third-order valence-corrected chi connectivity index (χ3v) is 4.34. The second-order valence-electron chi connectivity index (χ2n) is 6.04. The summed E-state index contributed by atoms with van der Waals surface area (Å²) in [4.78, 5) is 22.3. The summed E-state index contributed by atoms with van der Waals surface area (Å²) in [6.07, 6.45) is 0. The molecule has 0 bridgehead atoms. The number of nitro benzene ring substituents is 1. The van der Waals surface area contributed by atoms with Gasteiger partial charge in [-0.15, -0.1) is 0 Å². The number of hydrogen-bond acceptors (Lipinski definition) is 5. The summed E-state index contributed by atoms with van der Waals surface area (Å²) in [6, 6.07) is 11.4. The molecule has 138 valence electrons. The van der Waals surface area contributed by atoms with Crippen molar-refractivity contribution in [3.63, 3.8) is 0 Å². The van der Waals surface area contributed by atoms with E-state index in [1.54, 1.807) is 19.1 Å². The first kappa shape index (κ1) is 18.1. The number of nitro groups is 1. The predicted octanol–water partition coefficient (Wildman–Crippen LogP) is 4.20. The van der Waals surface area contributed by atoms with E-state index in [0.717, 1.165) is 11.1 Å². The topological polar surface area (TPSA) is 107 Å². The molecule has 27 heavy (non-hydrogen) atoms. The lowest BCUT2D eigenvalue weighted by molar-refractivity contribution is -0.385. The Morgan fingerprint density at radius 2 is 1.81 bits per heavy atom. The molecule has 1 N–H and O–H groups in total. The predicted molar refractivity (Wildman–Crippen MR) is 97.9 cm³/mol. The van der Waals surface area contributed by atoms with Crippen molar-refractivity contribution < 1.29 is 19.6 Å². The quantitative estimate of drug-likeness (QED) is 0.535. The lowest BCUT2D eigenvalue weighted by Crippen LogP contribution is -2.05. The van der Waals surface area contributed by atoms with Gasteiger partial charge in [0, 0.05) is 11.6 Å². The fraction of sp³-hybridized carbons (Fsp3) is 0.158. The minimum Gasteiger partial charge on any atom is -0.476 e. The van der Waals surface area contributed by atoms with Crippen molar-refractivity contribution in [2.45, 2.75) is 20.8 Å². The summed E-state index contributed by atoms with van der Waals surface area (Å²) >= 11 is 0. The second-order valence-corrected chi connectivity index (χ2v) is 6.04. The van der Waals surface area contributed by atoms with Crippen LogP contribution in [0.5, 0.6) is 11.6 Å². The van der Waals surface area contributed by atoms with Gasteiger partial charge in [0.1, 0.15) is 0 Å². The van der Waals surface area contributed by atoms with Gasteiger partial charge in [-0.05, 0) is 44.0 Å². The molecule has 2 aromatic carbocycles. The average Bonchev–Trinajstić information content (AvgIpc) is 2.94. The van der Waals surface area contributed by atoms with Crippen molar-refractivity contribution in [3.8, 4) is 17.3 Å². The van der Waals surface area contributed by atoms with Gasteiger partial charge >= 0.3 is 11.7 Å². The second kappa shape index (κ2) is 6.91. The fourth-order valence-corrected chi connectivity index (χ4v) is 2.73. The van der Waals surface area contributed by atoms with Crippen LogP contribution in [0.1, 0.15) is 27.2 Å². The van der Waals surface area contributed by atoms with Crippen LogP contribution in [0.4, 0.5) is 5.69 Å². The SMILES string of the molecule is Cc1cccc(-n2nc(C(=O)O)c(C)c2Oc2ccccc2[N+](=O)[O-])c1C. The average molecular weight is 367 g/mol. The number of hydrogen-bond donors (Lipinski definition) is 1. The minimum atomic E-state index is -1.20. The molecule has 0 radical (unpaired) electrons. The number of aromatic carboxylic acids is 1. The molecule has 0 aliphatic rings. The van der Waals surface area contributed by atoms with Crippen molar-refractivity contribution in [1.29, 1.82) is 0 Å². The summed E-state index contributed by atoms with van der Waals surface area (Å²) in [5.74, 6) is -1.08. The molecule has 0 fully saturated rings. The van der Waals surface area contributed by atoms with Crippen LogP contribution in [-0.4, -0.2) is 25.8 Å². The Morgan fingerprint density at radius 3 is 2.48 bits per heavy atom. The number of aryl methyl sites for hydroxylation is 1. The monoisotopic (exact) mass is 367 g/mol. The normalized spacial score (nSPS) is 10.6. The smallest absolute Gasteiger partial charge is 0.356 e. The first-order chi connectivity index (χ1) is 12.8. The molecule has 3 aromatic rings. The first-order valence-electron chi connectivity index (χ1n) is 8.12. The Morgan fingerprint density at radius 1 is 1.11 bits per heavy atom. The Hall–Kier alpha value is -3.68. The molecule has 0 saturated heterocycles. The molecule has 3 rings (SSSR count). The van der Waals surface area contributed by atoms with Crippen LogP contribution in [0.25, 0.3) is 5.69 Å². The number of carboxylic acid groups (broad SMARTS) is 1. The molecule has 0 aliphatic heterocycles. The van der Waals surface area contributed by atoms with E-state index in [4.69, 9.17) is 4.74 Å². The molecule has 8 heteroatoms. The molecule has 0 amide bonds. The van der Waals surface area contributed by atoms with Crippen molar-refractivity contribution >= 4 is 11.7 Å². The van der Waals surface area contributed by atoms with Crippen LogP contribution in [-0.2, 0) is 0 Å². The van der Waals surface area contributed by atoms with Crippen molar-refractivity contribution in [1.82, 2.24) is 9.78 Å². The van der Waals surface area contributed by atoms with Crippen LogP contribution < -0.4 is 4.74 Å². The number of carbonyl (C=O) groups is 1. The zero-order chi connectivity index (χ0) is 19.7. The maximum atomic E-state index is 11.6. The molecular weight excluding hydrogens is 350 g/mol. The molecule has 1 aromatic heterocycles. The molecular formula is C19H17N3O5. The van der Waals surface area contributed by atoms with Gasteiger partial charge in [-0.2, -0.15) is 9.78 Å². The lowest BCUT2D eigenvalue weighted by Gasteiger charge is -2.13. The number of carboxylic acids is 1. The summed E-state index contributed by atoms with van der Waals surface area (Å²) < 4.78 is 7.18. The molecule has 8 nitrogen and oxygen atoms in total. The number of benzene rings is 2. The van der Waals surface area contributed by atoms with E-state index < -0.39 is 10.9 Å². The highest BCUT2D eigenvalue weighted by Crippen LogP contribution is 2.35. The van der Waals surface area contributed by atoms with E-state index in [9.17, 15) is 20.0 Å². The zero-order valence-electron chi connectivity index (χ0n) is 15.0. The van der Waals surface area contributed by atoms with E-state index in [-0.39, 0.29) is 28.6 Å². The lowest BCUT2D eigenvalue weighted by atomic mass is 10.1. The highest BCUT2D eigenvalue weighted by Gasteiger charge is 2.25. The summed E-state index contributed by atoms with van der Waals surface area (Å²) in [5, 5.41) is 24.9. The maximum Gasteiger partial charge on any atom is 0.356 e. The number of rotatable bonds is 5. The van der Waals surface area contributed by atoms with Gasteiger partial charge in [0.2, 0.25) is 11.6 Å². The standard InChI is InChI=1S/C19H17N3O5/c1-11-7-6-9-14(12(11)2)21-18(13(3)17(20-21)19(23)24)27-16-10-5-4-8-15(16)22(25)26/h4-10H,1-3H3,(H,23,24). The van der Waals surface area contributed by atoms with Crippen LogP contribution in [0, 0.1) is 30.9 Å². The number of para-hydroxylation sites is 2. The van der Waals surface area contributed by atoms with Gasteiger partial charge < -0.3 is 9.84 Å². The molecule has 0 unspecified atom stereocenters. The van der Waals surface area contributed by atoms with Gasteiger partial charge in [-0.1, -0.05) is 24.3 Å². The molecule has 1 heterocycles. The van der Waals surface area contributed by atoms with Crippen LogP contribution in [0.3, 0.4) is 0 Å². The molecule has 0 atom stereocenters. The van der Waals surface area contributed by atoms with Crippen LogP contribution in [0.2, 0.25) is 0 Å². The molecule has 0 spiro atoms. The van der Waals surface area contributed by atoms with Crippen LogP contribution in [0.15, 0.2) is 42.5 Å². The van der Waals surface area contributed by atoms with Gasteiger partial charge in [0.05, 0.1) is 10.6 Å². The first-order valence-corrected chi connectivity index (χ1v) is 8.12. The van der Waals surface area contributed by atoms with Crippen molar-refractivity contribution in [3.05, 3.63) is 75.0 Å². The van der Waals surface area contributed by atoms with Crippen molar-refractivity contribution in [2.24, 2.45) is 0 Å². The van der Waals surface area contributed by atoms with Gasteiger partial charge in [-0.25, -0.2) is 4.79 Å². The van der Waals surface area contributed by atoms with E-state index in [1.165, 1.54) is 22.9 Å². The van der Waals surface area contributed by atoms with Gasteiger partial charge in [-0.3, -0.25) is 10.1 Å². The van der Waals surface area contributed by atoms with E-state index in [2.05, 4.69) is 5.10 Å². The van der Waals surface area contributed by atoms with E-state index >= 15 is 0 Å². The maximum absolute atomic E-state index is 11.6. The fourth-order valence-electron chi connectivity index (χ4n) is 2.73. The third-order valence-electron chi connectivity index (χ3n) is 4.34. The summed E-state index contributed by atoms with van der Waals surface area (Å²) in [7, 11) is 0. The third kappa shape index (κ3) is 3.24. The minimum absolute atomic E-state index is 0.00833. The zero-order valence-corrected chi connectivity index (χ0v) is 15.0. The summed E-state index contributed by atoms with van der Waals surface area (Å²) in [6.45, 7) is 5.37. The van der Waals surface area contributed by atoms with Crippen molar-refractivity contribution in [2.75, 3.05) is 0 Å². The number of nitrogens with zero attached hydrogens (tertiary/aromatic N) is 3. The van der Waals surface area contributed by atoms with Gasteiger partial charge in [0.25, 0.3) is 0 Å². The summed E-state index contributed by atoms with van der Waals surface area (Å²) in [5.41, 5.74) is 2.41. The number of aromatic nitrogens is 2. The highest BCUT2D eigenvalue weighted by atomic mass is 16.6.